The van der Waals surface area contributed by atoms with Crippen molar-refractivity contribution < 1.29 is 0 Å². The van der Waals surface area contributed by atoms with Gasteiger partial charge in [-0.25, -0.2) is 0 Å². The Labute approximate surface area is 60.8 Å². The molecule has 0 aliphatic heterocycles. The van der Waals surface area contributed by atoms with Crippen LogP contribution in [0.15, 0.2) is 6.07 Å². The van der Waals surface area contributed by atoms with Crippen LogP contribution in [-0.4, -0.2) is 9.78 Å². The summed E-state index contributed by atoms with van der Waals surface area (Å²) in [4.78, 5) is 0. The van der Waals surface area contributed by atoms with Crippen molar-refractivity contribution in [1.82, 2.24) is 9.78 Å². The Morgan fingerprint density at radius 3 is 2.50 bits per heavy atom. The molecule has 0 aliphatic rings. The van der Waals surface area contributed by atoms with E-state index in [1.54, 1.807) is 0 Å². The topological polar surface area (TPSA) is 43.8 Å². The van der Waals surface area contributed by atoms with Gasteiger partial charge in [-0.1, -0.05) is 0 Å². The minimum Gasteiger partial charge on any atom is -0.323 e. The van der Waals surface area contributed by atoms with Crippen LogP contribution >= 0.6 is 0 Å². The maximum atomic E-state index is 5.67. The highest BCUT2D eigenvalue weighted by atomic mass is 15.3. The van der Waals surface area contributed by atoms with Gasteiger partial charge >= 0.3 is 0 Å². The van der Waals surface area contributed by atoms with E-state index in [0.29, 0.717) is 0 Å². The first-order valence-electron chi connectivity index (χ1n) is 3.37. The van der Waals surface area contributed by atoms with Gasteiger partial charge in [0.25, 0.3) is 0 Å². The monoisotopic (exact) mass is 139 g/mol. The van der Waals surface area contributed by atoms with Gasteiger partial charge in [-0.05, 0) is 19.9 Å². The van der Waals surface area contributed by atoms with Crippen LogP contribution < -0.4 is 5.73 Å². The molecule has 3 nitrogen and oxygen atoms in total. The van der Waals surface area contributed by atoms with Gasteiger partial charge in [-0.3, -0.25) is 4.68 Å². The molecule has 1 aromatic heterocycles. The lowest BCUT2D eigenvalue weighted by Gasteiger charge is -2.03. The average Bonchev–Trinajstić information content (AvgIpc) is 2.10. The molecule has 56 valence electrons. The quantitative estimate of drug-likeness (QED) is 0.624. The number of aryl methyl sites for hydroxylation is 2. The van der Waals surface area contributed by atoms with Crippen molar-refractivity contribution >= 4 is 0 Å². The van der Waals surface area contributed by atoms with E-state index in [0.717, 1.165) is 11.4 Å². The third-order valence-electron chi connectivity index (χ3n) is 1.50. The van der Waals surface area contributed by atoms with Crippen LogP contribution in [0.4, 0.5) is 0 Å². The Bertz CT molecular complexity index is 225. The summed E-state index contributed by atoms with van der Waals surface area (Å²) in [5.41, 5.74) is 7.77. The molecule has 1 atom stereocenters. The lowest BCUT2D eigenvalue weighted by atomic mass is 10.2. The third kappa shape index (κ3) is 1.19. The van der Waals surface area contributed by atoms with Crippen molar-refractivity contribution in [2.24, 2.45) is 12.8 Å². The minimum atomic E-state index is 0.0752. The second-order valence-corrected chi connectivity index (χ2v) is 2.62. The van der Waals surface area contributed by atoms with Crippen molar-refractivity contribution in [3.63, 3.8) is 0 Å². The molecule has 0 aromatic carbocycles. The summed E-state index contributed by atoms with van der Waals surface area (Å²) in [5, 5.41) is 4.17. The van der Waals surface area contributed by atoms with Crippen molar-refractivity contribution in [3.8, 4) is 0 Å². The van der Waals surface area contributed by atoms with E-state index in [1.165, 1.54) is 0 Å². The van der Waals surface area contributed by atoms with E-state index in [-0.39, 0.29) is 6.04 Å². The third-order valence-corrected chi connectivity index (χ3v) is 1.50. The largest absolute Gasteiger partial charge is 0.323 e. The second kappa shape index (κ2) is 2.42. The summed E-state index contributed by atoms with van der Waals surface area (Å²) in [6.45, 7) is 3.92. The molecule has 1 aromatic rings. The summed E-state index contributed by atoms with van der Waals surface area (Å²) in [5.74, 6) is 0. The van der Waals surface area contributed by atoms with Crippen molar-refractivity contribution in [2.75, 3.05) is 0 Å². The van der Waals surface area contributed by atoms with E-state index in [9.17, 15) is 0 Å². The van der Waals surface area contributed by atoms with Gasteiger partial charge in [0.1, 0.15) is 0 Å². The number of aromatic nitrogens is 2. The summed E-state index contributed by atoms with van der Waals surface area (Å²) in [7, 11) is 1.91. The molecule has 0 fully saturated rings. The van der Waals surface area contributed by atoms with Crippen LogP contribution in [0.25, 0.3) is 0 Å². The Kier molecular flexibility index (Phi) is 1.76. The Hall–Kier alpha value is -0.830. The standard InChI is InChI=1S/C7H13N3/c1-5-4-7(6(2)8)10(3)9-5/h4,6H,8H2,1-3H3/t6-/m0/s1. The molecule has 1 rings (SSSR count). The van der Waals surface area contributed by atoms with Crippen LogP contribution in [0.2, 0.25) is 0 Å². The molecule has 0 aliphatic carbocycles. The van der Waals surface area contributed by atoms with E-state index in [2.05, 4.69) is 5.10 Å². The molecule has 0 radical (unpaired) electrons. The van der Waals surface area contributed by atoms with Crippen LogP contribution in [0.3, 0.4) is 0 Å². The van der Waals surface area contributed by atoms with E-state index < -0.39 is 0 Å². The SMILES string of the molecule is Cc1cc([C@H](C)N)n(C)n1. The van der Waals surface area contributed by atoms with Crippen LogP contribution in [0.5, 0.6) is 0 Å². The highest BCUT2D eigenvalue weighted by Gasteiger charge is 2.04. The second-order valence-electron chi connectivity index (χ2n) is 2.62. The van der Waals surface area contributed by atoms with Gasteiger partial charge in [0.15, 0.2) is 0 Å². The van der Waals surface area contributed by atoms with Crippen molar-refractivity contribution in [2.45, 2.75) is 19.9 Å². The first kappa shape index (κ1) is 7.28. The molecule has 0 amide bonds. The Morgan fingerprint density at radius 2 is 2.30 bits per heavy atom. The maximum Gasteiger partial charge on any atom is 0.0597 e. The van der Waals surface area contributed by atoms with Gasteiger partial charge in [-0.15, -0.1) is 0 Å². The molecule has 2 N–H and O–H groups in total. The number of nitrogens with zero attached hydrogens (tertiary/aromatic N) is 2. The molecule has 1 heterocycles. The van der Waals surface area contributed by atoms with Crippen molar-refractivity contribution in [1.29, 1.82) is 0 Å². The normalized spacial score (nSPS) is 13.6. The molecule has 0 saturated heterocycles. The summed E-state index contributed by atoms with van der Waals surface area (Å²) in [6, 6.07) is 2.08. The zero-order valence-electron chi connectivity index (χ0n) is 6.63. The first-order chi connectivity index (χ1) is 4.61. The summed E-state index contributed by atoms with van der Waals surface area (Å²) >= 11 is 0. The minimum absolute atomic E-state index is 0.0752. The highest BCUT2D eigenvalue weighted by molar-refractivity contribution is 5.11. The van der Waals surface area contributed by atoms with Crippen LogP contribution in [-0.2, 0) is 7.05 Å². The van der Waals surface area contributed by atoms with Gasteiger partial charge < -0.3 is 5.73 Å². The molecule has 0 spiro atoms. The molecular formula is C7H13N3. The number of rotatable bonds is 1. The first-order valence-corrected chi connectivity index (χ1v) is 3.37. The fourth-order valence-corrected chi connectivity index (χ4v) is 1.06. The summed E-state index contributed by atoms with van der Waals surface area (Å²) < 4.78 is 1.82. The number of nitrogens with two attached hydrogens (primary N) is 1. The smallest absolute Gasteiger partial charge is 0.0597 e. The van der Waals surface area contributed by atoms with Gasteiger partial charge in [0, 0.05) is 13.1 Å². The average molecular weight is 139 g/mol. The van der Waals surface area contributed by atoms with Crippen LogP contribution in [0, 0.1) is 6.92 Å². The fraction of sp³-hybridized carbons (Fsp3) is 0.571. The van der Waals surface area contributed by atoms with Gasteiger partial charge in [0.2, 0.25) is 0 Å². The maximum absolute atomic E-state index is 5.67. The Balaban J connectivity index is 3.03. The number of hydrogen-bond donors (Lipinski definition) is 1. The van der Waals surface area contributed by atoms with E-state index in [4.69, 9.17) is 5.73 Å². The van der Waals surface area contributed by atoms with E-state index >= 15 is 0 Å². The summed E-state index contributed by atoms with van der Waals surface area (Å²) in [6.07, 6.45) is 0. The molecule has 0 unspecified atom stereocenters. The lowest BCUT2D eigenvalue weighted by Crippen LogP contribution is -2.10. The fourth-order valence-electron chi connectivity index (χ4n) is 1.06. The lowest BCUT2D eigenvalue weighted by molar-refractivity contribution is 0.651. The molecule has 0 bridgehead atoms. The zero-order chi connectivity index (χ0) is 7.72. The predicted molar refractivity (Wildman–Crippen MR) is 40.5 cm³/mol. The van der Waals surface area contributed by atoms with Gasteiger partial charge in [-0.2, -0.15) is 5.10 Å². The number of hydrogen-bond acceptors (Lipinski definition) is 2. The zero-order valence-corrected chi connectivity index (χ0v) is 6.63. The van der Waals surface area contributed by atoms with Crippen molar-refractivity contribution in [3.05, 3.63) is 17.5 Å². The molecule has 10 heavy (non-hydrogen) atoms. The molecule has 3 heteroatoms. The molecule has 0 saturated carbocycles. The van der Waals surface area contributed by atoms with Gasteiger partial charge in [0.05, 0.1) is 11.4 Å². The van der Waals surface area contributed by atoms with Crippen LogP contribution in [0.1, 0.15) is 24.4 Å². The molecular weight excluding hydrogens is 126 g/mol. The van der Waals surface area contributed by atoms with E-state index in [1.807, 2.05) is 31.6 Å². The predicted octanol–water partition coefficient (Wildman–Crippen LogP) is 0.748. The highest BCUT2D eigenvalue weighted by Crippen LogP contribution is 2.08. The Morgan fingerprint density at radius 1 is 1.70 bits per heavy atom.